The minimum atomic E-state index is -0.130. The molecular weight excluding hydrogens is 346 g/mol. The molecule has 0 fully saturated rings. The van der Waals surface area contributed by atoms with Gasteiger partial charge in [0.1, 0.15) is 5.82 Å². The zero-order chi connectivity index (χ0) is 19.8. The van der Waals surface area contributed by atoms with Gasteiger partial charge in [0.2, 0.25) is 11.6 Å². The molecule has 2 aromatic carbocycles. The van der Waals surface area contributed by atoms with Crippen molar-refractivity contribution in [1.29, 1.82) is 0 Å². The summed E-state index contributed by atoms with van der Waals surface area (Å²) in [6, 6.07) is 16.4. The summed E-state index contributed by atoms with van der Waals surface area (Å²) in [5, 5.41) is 0. The van der Waals surface area contributed by atoms with Crippen LogP contribution in [0.1, 0.15) is 57.1 Å². The second-order valence-corrected chi connectivity index (χ2v) is 7.59. The molecule has 1 aliphatic rings. The third-order valence-electron chi connectivity index (χ3n) is 5.75. The van der Waals surface area contributed by atoms with Crippen molar-refractivity contribution >= 4 is 11.6 Å². The quantitative estimate of drug-likeness (QED) is 0.623. The van der Waals surface area contributed by atoms with E-state index in [0.717, 1.165) is 35.6 Å². The van der Waals surface area contributed by atoms with Gasteiger partial charge in [0.05, 0.1) is 6.04 Å². The molecule has 4 rings (SSSR count). The van der Waals surface area contributed by atoms with Crippen LogP contribution in [0, 0.1) is 20.8 Å². The molecule has 1 unspecified atom stereocenters. The Morgan fingerprint density at radius 2 is 1.71 bits per heavy atom. The maximum absolute atomic E-state index is 13.0. The lowest BCUT2D eigenvalue weighted by molar-refractivity contribution is 0.102. The maximum Gasteiger partial charge on any atom is 0.230 e. The van der Waals surface area contributed by atoms with Gasteiger partial charge in [-0.15, -0.1) is 0 Å². The lowest BCUT2D eigenvalue weighted by Gasteiger charge is -2.37. The van der Waals surface area contributed by atoms with E-state index in [9.17, 15) is 4.79 Å². The molecule has 0 radical (unpaired) electrons. The highest BCUT2D eigenvalue weighted by Crippen LogP contribution is 2.34. The number of carbonyl (C=O) groups is 1. The summed E-state index contributed by atoms with van der Waals surface area (Å²) in [4.78, 5) is 24.5. The first-order chi connectivity index (χ1) is 13.5. The lowest BCUT2D eigenvalue weighted by atomic mass is 9.93. The van der Waals surface area contributed by atoms with Crippen LogP contribution >= 0.6 is 0 Å². The van der Waals surface area contributed by atoms with Gasteiger partial charge in [-0.3, -0.25) is 4.79 Å². The number of hydrogen-bond donors (Lipinski definition) is 0. The summed E-state index contributed by atoms with van der Waals surface area (Å²) < 4.78 is 0. The summed E-state index contributed by atoms with van der Waals surface area (Å²) in [6.07, 6.45) is 0.976. The first-order valence-electron chi connectivity index (χ1n) is 9.76. The minimum Gasteiger partial charge on any atom is -0.349 e. The summed E-state index contributed by atoms with van der Waals surface area (Å²) in [5.41, 5.74) is 6.36. The van der Waals surface area contributed by atoms with Crippen LogP contribution in [0.5, 0.6) is 0 Å². The van der Waals surface area contributed by atoms with Gasteiger partial charge in [0, 0.05) is 23.4 Å². The van der Waals surface area contributed by atoms with E-state index >= 15 is 0 Å². The fourth-order valence-electron chi connectivity index (χ4n) is 3.89. The zero-order valence-corrected chi connectivity index (χ0v) is 16.9. The van der Waals surface area contributed by atoms with E-state index in [1.54, 1.807) is 0 Å². The molecule has 3 aromatic rings. The number of fused-ring (bicyclic) bond motifs is 1. The van der Waals surface area contributed by atoms with E-state index < -0.39 is 0 Å². The fraction of sp³-hybridized carbons (Fsp3) is 0.292. The number of anilines is 1. The molecule has 0 spiro atoms. The number of aromatic nitrogens is 2. The van der Waals surface area contributed by atoms with E-state index in [1.807, 2.05) is 45.0 Å². The van der Waals surface area contributed by atoms with Crippen molar-refractivity contribution in [3.8, 4) is 0 Å². The molecule has 4 nitrogen and oxygen atoms in total. The van der Waals surface area contributed by atoms with Crippen LogP contribution in [0.2, 0.25) is 0 Å². The van der Waals surface area contributed by atoms with Crippen molar-refractivity contribution < 1.29 is 4.79 Å². The van der Waals surface area contributed by atoms with E-state index in [-0.39, 0.29) is 17.6 Å². The molecule has 2 heterocycles. The van der Waals surface area contributed by atoms with Crippen LogP contribution in [-0.4, -0.2) is 22.3 Å². The highest BCUT2D eigenvalue weighted by atomic mass is 16.1. The molecule has 142 valence electrons. The average molecular weight is 371 g/mol. The number of carbonyl (C=O) groups excluding carboxylic acids is 1. The Morgan fingerprint density at radius 3 is 2.46 bits per heavy atom. The normalized spacial score (nSPS) is 16.0. The van der Waals surface area contributed by atoms with Gasteiger partial charge in [-0.1, -0.05) is 54.1 Å². The predicted octanol–water partition coefficient (Wildman–Crippen LogP) is 4.76. The Balaban J connectivity index is 1.74. The van der Waals surface area contributed by atoms with Gasteiger partial charge >= 0.3 is 0 Å². The first-order valence-corrected chi connectivity index (χ1v) is 9.76. The summed E-state index contributed by atoms with van der Waals surface area (Å²) in [7, 11) is 0. The zero-order valence-electron chi connectivity index (χ0n) is 16.9. The molecule has 1 aliphatic heterocycles. The van der Waals surface area contributed by atoms with Crippen molar-refractivity contribution in [1.82, 2.24) is 9.97 Å². The van der Waals surface area contributed by atoms with E-state index in [2.05, 4.69) is 41.1 Å². The second-order valence-electron chi connectivity index (χ2n) is 7.59. The minimum absolute atomic E-state index is 0.130. The molecular formula is C24H25N3O. The number of rotatable bonds is 3. The second kappa shape index (κ2) is 7.19. The number of aryl methyl sites for hydroxylation is 2. The first kappa shape index (κ1) is 18.4. The summed E-state index contributed by atoms with van der Waals surface area (Å²) in [5.74, 6) is 1.01. The van der Waals surface area contributed by atoms with Crippen molar-refractivity contribution in [2.24, 2.45) is 0 Å². The molecule has 1 aromatic heterocycles. The van der Waals surface area contributed by atoms with Crippen LogP contribution in [0.15, 0.2) is 48.5 Å². The molecule has 0 N–H and O–H groups in total. The van der Waals surface area contributed by atoms with Gasteiger partial charge in [0.25, 0.3) is 0 Å². The molecule has 0 saturated carbocycles. The monoisotopic (exact) mass is 371 g/mol. The number of hydrogen-bond acceptors (Lipinski definition) is 4. The largest absolute Gasteiger partial charge is 0.349 e. The molecule has 28 heavy (non-hydrogen) atoms. The van der Waals surface area contributed by atoms with Gasteiger partial charge in [-0.2, -0.15) is 0 Å². The van der Waals surface area contributed by atoms with Crippen molar-refractivity contribution in [3.05, 3.63) is 87.9 Å². The van der Waals surface area contributed by atoms with Gasteiger partial charge in [0.15, 0.2) is 0 Å². The standard InChI is InChI=1S/C24H25N3O/c1-15-9-11-20(12-10-15)22(28)23-25-17(3)16(2)24(26-23)27-14-13-19-7-5-6-8-21(19)18(27)4/h5-12,18H,13-14H2,1-4H3. The van der Waals surface area contributed by atoms with E-state index in [1.165, 1.54) is 11.1 Å². The van der Waals surface area contributed by atoms with Crippen LogP contribution in [0.25, 0.3) is 0 Å². The third-order valence-corrected chi connectivity index (χ3v) is 5.75. The highest BCUT2D eigenvalue weighted by Gasteiger charge is 2.27. The Morgan fingerprint density at radius 1 is 1.00 bits per heavy atom. The Kier molecular flexibility index (Phi) is 4.71. The smallest absolute Gasteiger partial charge is 0.230 e. The predicted molar refractivity (Wildman–Crippen MR) is 112 cm³/mol. The van der Waals surface area contributed by atoms with Crippen LogP contribution in [-0.2, 0) is 6.42 Å². The molecule has 0 saturated heterocycles. The topological polar surface area (TPSA) is 46.1 Å². The van der Waals surface area contributed by atoms with Crippen LogP contribution < -0.4 is 4.90 Å². The fourth-order valence-corrected chi connectivity index (χ4v) is 3.89. The molecule has 0 aliphatic carbocycles. The van der Waals surface area contributed by atoms with Gasteiger partial charge in [-0.25, -0.2) is 9.97 Å². The number of ketones is 1. The van der Waals surface area contributed by atoms with Gasteiger partial charge in [-0.05, 0) is 45.2 Å². The third kappa shape index (κ3) is 3.19. The Bertz CT molecular complexity index is 1040. The van der Waals surface area contributed by atoms with Crippen LogP contribution in [0.4, 0.5) is 5.82 Å². The molecule has 4 heteroatoms. The Hall–Kier alpha value is -3.01. The SMILES string of the molecule is Cc1ccc(C(=O)c2nc(C)c(C)c(N3CCc4ccccc4C3C)n2)cc1. The van der Waals surface area contributed by atoms with Crippen molar-refractivity contribution in [2.45, 2.75) is 40.2 Å². The highest BCUT2D eigenvalue weighted by molar-refractivity contribution is 6.06. The number of benzene rings is 2. The molecule has 0 bridgehead atoms. The molecule has 0 amide bonds. The van der Waals surface area contributed by atoms with Gasteiger partial charge < -0.3 is 4.90 Å². The van der Waals surface area contributed by atoms with Crippen LogP contribution in [0.3, 0.4) is 0 Å². The van der Waals surface area contributed by atoms with E-state index in [4.69, 9.17) is 4.98 Å². The number of nitrogens with zero attached hydrogens (tertiary/aromatic N) is 3. The van der Waals surface area contributed by atoms with Crippen molar-refractivity contribution in [2.75, 3.05) is 11.4 Å². The Labute approximate surface area is 166 Å². The maximum atomic E-state index is 13.0. The van der Waals surface area contributed by atoms with Crippen molar-refractivity contribution in [3.63, 3.8) is 0 Å². The average Bonchev–Trinajstić information content (AvgIpc) is 2.71. The lowest BCUT2D eigenvalue weighted by Crippen LogP contribution is -2.35. The summed E-state index contributed by atoms with van der Waals surface area (Å²) in [6.45, 7) is 9.09. The molecule has 1 atom stereocenters. The summed E-state index contributed by atoms with van der Waals surface area (Å²) >= 11 is 0. The van der Waals surface area contributed by atoms with E-state index in [0.29, 0.717) is 5.56 Å².